The second kappa shape index (κ2) is 7.76. The van der Waals surface area contributed by atoms with Gasteiger partial charge in [0.1, 0.15) is 12.4 Å². The van der Waals surface area contributed by atoms with Crippen LogP contribution < -0.4 is 0 Å². The Morgan fingerprint density at radius 3 is 2.94 bits per heavy atom. The first-order valence-corrected chi connectivity index (χ1v) is 6.15. The van der Waals surface area contributed by atoms with E-state index in [1.165, 1.54) is 0 Å². The van der Waals surface area contributed by atoms with Gasteiger partial charge < -0.3 is 23.7 Å². The molecule has 0 bridgehead atoms. The zero-order valence-electron chi connectivity index (χ0n) is 10.8. The number of aldehydes is 1. The second-order valence-corrected chi connectivity index (χ2v) is 4.02. The van der Waals surface area contributed by atoms with Crippen molar-refractivity contribution in [3.63, 3.8) is 0 Å². The van der Waals surface area contributed by atoms with E-state index in [4.69, 9.17) is 18.9 Å². The maximum absolute atomic E-state index is 10.4. The first kappa shape index (κ1) is 14.6. The summed E-state index contributed by atoms with van der Waals surface area (Å²) in [6.07, 6.45) is 1.21. The molecule has 0 spiro atoms. The van der Waals surface area contributed by atoms with E-state index in [0.717, 1.165) is 6.29 Å². The highest BCUT2D eigenvalue weighted by molar-refractivity contribution is 5.49. The van der Waals surface area contributed by atoms with Crippen LogP contribution in [0.15, 0.2) is 0 Å². The van der Waals surface area contributed by atoms with Crippen molar-refractivity contribution < 1.29 is 23.7 Å². The standard InChI is InChI=1S/C12H22O5/c1-4-14-9(2)17-12-8-15-10(3)16-11(12)6-5-7-13/h7,9-12H,4-6,8H2,1-3H3/t9?,10-,11+,12+/m0/s1. The number of carbonyl (C=O) groups is 1. The van der Waals surface area contributed by atoms with Crippen molar-refractivity contribution >= 4 is 6.29 Å². The molecule has 5 nitrogen and oxygen atoms in total. The smallest absolute Gasteiger partial charge is 0.155 e. The third-order valence-electron chi connectivity index (χ3n) is 2.61. The van der Waals surface area contributed by atoms with Crippen LogP contribution in [0.25, 0.3) is 0 Å². The van der Waals surface area contributed by atoms with E-state index in [2.05, 4.69) is 0 Å². The molecule has 17 heavy (non-hydrogen) atoms. The summed E-state index contributed by atoms with van der Waals surface area (Å²) >= 11 is 0. The molecule has 1 saturated heterocycles. The second-order valence-electron chi connectivity index (χ2n) is 4.02. The van der Waals surface area contributed by atoms with Crippen LogP contribution in [0, 0.1) is 0 Å². The first-order chi connectivity index (χ1) is 8.17. The quantitative estimate of drug-likeness (QED) is 0.503. The summed E-state index contributed by atoms with van der Waals surface area (Å²) in [7, 11) is 0. The first-order valence-electron chi connectivity index (χ1n) is 6.15. The highest BCUT2D eigenvalue weighted by atomic mass is 16.7. The molecule has 0 aromatic heterocycles. The summed E-state index contributed by atoms with van der Waals surface area (Å²) in [5.74, 6) is 0. The molecule has 0 amide bonds. The van der Waals surface area contributed by atoms with Crippen LogP contribution in [0.5, 0.6) is 0 Å². The summed E-state index contributed by atoms with van der Waals surface area (Å²) in [4.78, 5) is 10.4. The van der Waals surface area contributed by atoms with Gasteiger partial charge in [0.2, 0.25) is 0 Å². The van der Waals surface area contributed by atoms with E-state index >= 15 is 0 Å². The normalized spacial score (nSPS) is 31.1. The number of hydrogen-bond acceptors (Lipinski definition) is 5. The van der Waals surface area contributed by atoms with Gasteiger partial charge >= 0.3 is 0 Å². The molecular weight excluding hydrogens is 224 g/mol. The Kier molecular flexibility index (Phi) is 6.65. The van der Waals surface area contributed by atoms with Crippen molar-refractivity contribution in [3.05, 3.63) is 0 Å². The van der Waals surface area contributed by atoms with Crippen LogP contribution in [-0.2, 0) is 23.7 Å². The number of rotatable bonds is 7. The molecule has 0 N–H and O–H groups in total. The molecule has 1 aliphatic heterocycles. The predicted molar refractivity (Wildman–Crippen MR) is 61.5 cm³/mol. The van der Waals surface area contributed by atoms with Crippen LogP contribution in [0.4, 0.5) is 0 Å². The van der Waals surface area contributed by atoms with E-state index in [9.17, 15) is 4.79 Å². The summed E-state index contributed by atoms with van der Waals surface area (Å²) in [5.41, 5.74) is 0. The number of hydrogen-bond donors (Lipinski definition) is 0. The SMILES string of the molecule is CCOC(C)O[C@@H]1CO[C@H](C)O[C@@H]1CCC=O. The molecule has 1 heterocycles. The van der Waals surface area contributed by atoms with Gasteiger partial charge in [0.05, 0.1) is 12.7 Å². The van der Waals surface area contributed by atoms with Crippen LogP contribution >= 0.6 is 0 Å². The molecule has 4 atom stereocenters. The predicted octanol–water partition coefficient (Wildman–Crippen LogP) is 1.49. The van der Waals surface area contributed by atoms with Gasteiger partial charge in [-0.15, -0.1) is 0 Å². The Hall–Kier alpha value is -0.490. The summed E-state index contributed by atoms with van der Waals surface area (Å²) in [6.45, 7) is 6.68. The van der Waals surface area contributed by atoms with Crippen molar-refractivity contribution in [1.82, 2.24) is 0 Å². The molecule has 0 aliphatic carbocycles. The number of ether oxygens (including phenoxy) is 4. The molecule has 0 saturated carbocycles. The third-order valence-corrected chi connectivity index (χ3v) is 2.61. The molecule has 5 heteroatoms. The lowest BCUT2D eigenvalue weighted by Gasteiger charge is -2.36. The molecule has 0 aromatic rings. The minimum atomic E-state index is -0.288. The minimum absolute atomic E-state index is 0.105. The van der Waals surface area contributed by atoms with Crippen molar-refractivity contribution in [1.29, 1.82) is 0 Å². The lowest BCUT2D eigenvalue weighted by molar-refractivity contribution is -0.283. The molecule has 1 rings (SSSR count). The fourth-order valence-corrected chi connectivity index (χ4v) is 1.84. The Morgan fingerprint density at radius 1 is 1.53 bits per heavy atom. The van der Waals surface area contributed by atoms with Gasteiger partial charge in [-0.1, -0.05) is 0 Å². The lowest BCUT2D eigenvalue weighted by Crippen LogP contribution is -2.45. The Balaban J connectivity index is 2.44. The molecule has 1 unspecified atom stereocenters. The topological polar surface area (TPSA) is 54.0 Å². The van der Waals surface area contributed by atoms with Crippen LogP contribution in [0.1, 0.15) is 33.6 Å². The molecule has 1 aliphatic rings. The molecular formula is C12H22O5. The van der Waals surface area contributed by atoms with E-state index in [-0.39, 0.29) is 24.8 Å². The minimum Gasteiger partial charge on any atom is -0.353 e. The Bertz CT molecular complexity index is 221. The van der Waals surface area contributed by atoms with Gasteiger partial charge in [-0.25, -0.2) is 0 Å². The van der Waals surface area contributed by atoms with Crippen molar-refractivity contribution in [3.8, 4) is 0 Å². The molecule has 1 fully saturated rings. The van der Waals surface area contributed by atoms with E-state index < -0.39 is 0 Å². The number of carbonyl (C=O) groups excluding carboxylic acids is 1. The monoisotopic (exact) mass is 246 g/mol. The molecule has 0 aromatic carbocycles. The van der Waals surface area contributed by atoms with E-state index in [0.29, 0.717) is 26.1 Å². The highest BCUT2D eigenvalue weighted by Gasteiger charge is 2.31. The lowest BCUT2D eigenvalue weighted by atomic mass is 10.1. The van der Waals surface area contributed by atoms with Crippen molar-refractivity contribution in [2.75, 3.05) is 13.2 Å². The average molecular weight is 246 g/mol. The zero-order valence-corrected chi connectivity index (χ0v) is 10.8. The van der Waals surface area contributed by atoms with Crippen LogP contribution in [0.3, 0.4) is 0 Å². The average Bonchev–Trinajstić information content (AvgIpc) is 2.30. The van der Waals surface area contributed by atoms with E-state index in [1.807, 2.05) is 20.8 Å². The fourth-order valence-electron chi connectivity index (χ4n) is 1.84. The maximum atomic E-state index is 10.4. The fraction of sp³-hybridized carbons (Fsp3) is 0.917. The largest absolute Gasteiger partial charge is 0.353 e. The van der Waals surface area contributed by atoms with Gasteiger partial charge in [-0.2, -0.15) is 0 Å². The summed E-state index contributed by atoms with van der Waals surface area (Å²) in [5, 5.41) is 0. The third kappa shape index (κ3) is 5.12. The van der Waals surface area contributed by atoms with Crippen LogP contribution in [0.2, 0.25) is 0 Å². The van der Waals surface area contributed by atoms with Crippen molar-refractivity contribution in [2.45, 2.75) is 58.4 Å². The van der Waals surface area contributed by atoms with Gasteiger partial charge in [0.15, 0.2) is 12.6 Å². The van der Waals surface area contributed by atoms with Crippen molar-refractivity contribution in [2.24, 2.45) is 0 Å². The Morgan fingerprint density at radius 2 is 2.29 bits per heavy atom. The van der Waals surface area contributed by atoms with Gasteiger partial charge in [0.25, 0.3) is 0 Å². The summed E-state index contributed by atoms with van der Waals surface area (Å²) in [6, 6.07) is 0. The van der Waals surface area contributed by atoms with Gasteiger partial charge in [0, 0.05) is 13.0 Å². The van der Waals surface area contributed by atoms with Crippen LogP contribution in [-0.4, -0.2) is 44.3 Å². The summed E-state index contributed by atoms with van der Waals surface area (Å²) < 4.78 is 22.0. The maximum Gasteiger partial charge on any atom is 0.155 e. The molecule has 0 radical (unpaired) electrons. The zero-order chi connectivity index (χ0) is 12.7. The van der Waals surface area contributed by atoms with Gasteiger partial charge in [-0.3, -0.25) is 0 Å². The van der Waals surface area contributed by atoms with E-state index in [1.54, 1.807) is 0 Å². The van der Waals surface area contributed by atoms with Gasteiger partial charge in [-0.05, 0) is 27.2 Å². The Labute approximate surface area is 102 Å². The molecule has 100 valence electrons. The highest BCUT2D eigenvalue weighted by Crippen LogP contribution is 2.20.